The first-order valence-corrected chi connectivity index (χ1v) is 9.81. The van der Waals surface area contributed by atoms with Crippen LogP contribution in [0.25, 0.3) is 11.3 Å². The van der Waals surface area contributed by atoms with E-state index in [-0.39, 0.29) is 4.90 Å². The van der Waals surface area contributed by atoms with Gasteiger partial charge in [-0.05, 0) is 65.1 Å². The number of benzene rings is 2. The number of methoxy groups -OCH3 is 1. The lowest BCUT2D eigenvalue weighted by atomic mass is 10.1. The van der Waals surface area contributed by atoms with Gasteiger partial charge in [-0.15, -0.1) is 10.2 Å². The lowest BCUT2D eigenvalue weighted by Gasteiger charge is -2.09. The smallest absolute Gasteiger partial charge is 0.261 e. The highest BCUT2D eigenvalue weighted by atomic mass is 127. The Morgan fingerprint density at radius 1 is 0.920 bits per heavy atom. The van der Waals surface area contributed by atoms with Crippen LogP contribution in [-0.4, -0.2) is 25.7 Å². The molecule has 0 spiro atoms. The number of aromatic nitrogens is 2. The van der Waals surface area contributed by atoms with E-state index in [1.165, 1.54) is 7.11 Å². The maximum absolute atomic E-state index is 12.4. The van der Waals surface area contributed by atoms with Crippen molar-refractivity contribution in [2.24, 2.45) is 0 Å². The molecule has 3 aromatic rings. The second-order valence-corrected chi connectivity index (χ2v) is 8.03. The minimum atomic E-state index is -3.61. The standard InChI is InChI=1S/C17H14IN3O3S/c1-24-17-11-10-16(19-20-17)12-2-6-14(7-3-12)21-25(22,23)15-8-4-13(18)5-9-15/h2-11,21H,1H3. The molecular weight excluding hydrogens is 453 g/mol. The third-order valence-corrected chi connectivity index (χ3v) is 5.52. The van der Waals surface area contributed by atoms with Crippen molar-refractivity contribution >= 4 is 38.3 Å². The molecule has 0 unspecified atom stereocenters. The van der Waals surface area contributed by atoms with E-state index in [0.29, 0.717) is 17.3 Å². The Labute approximate surface area is 159 Å². The molecule has 0 bridgehead atoms. The topological polar surface area (TPSA) is 81.2 Å². The van der Waals surface area contributed by atoms with Crippen molar-refractivity contribution in [2.75, 3.05) is 11.8 Å². The predicted octanol–water partition coefficient (Wildman–Crippen LogP) is 3.56. The van der Waals surface area contributed by atoms with Crippen molar-refractivity contribution in [2.45, 2.75) is 4.90 Å². The molecule has 0 atom stereocenters. The molecule has 25 heavy (non-hydrogen) atoms. The first-order chi connectivity index (χ1) is 12.0. The molecule has 128 valence electrons. The largest absolute Gasteiger partial charge is 0.480 e. The van der Waals surface area contributed by atoms with Crippen LogP contribution in [-0.2, 0) is 10.0 Å². The first-order valence-electron chi connectivity index (χ1n) is 7.24. The Balaban J connectivity index is 1.79. The molecule has 0 fully saturated rings. The van der Waals surface area contributed by atoms with Gasteiger partial charge in [-0.1, -0.05) is 12.1 Å². The lowest BCUT2D eigenvalue weighted by Crippen LogP contribution is -2.12. The molecule has 0 saturated heterocycles. The third-order valence-electron chi connectivity index (χ3n) is 3.41. The fraction of sp³-hybridized carbons (Fsp3) is 0.0588. The van der Waals surface area contributed by atoms with E-state index in [9.17, 15) is 8.42 Å². The number of hydrogen-bond donors (Lipinski definition) is 1. The molecular formula is C17H14IN3O3S. The van der Waals surface area contributed by atoms with E-state index < -0.39 is 10.0 Å². The van der Waals surface area contributed by atoms with Crippen LogP contribution in [0.5, 0.6) is 5.88 Å². The minimum absolute atomic E-state index is 0.220. The maximum Gasteiger partial charge on any atom is 0.261 e. The molecule has 0 saturated carbocycles. The van der Waals surface area contributed by atoms with Crippen LogP contribution >= 0.6 is 22.6 Å². The first kappa shape index (κ1) is 17.6. The van der Waals surface area contributed by atoms with Gasteiger partial charge in [0.1, 0.15) is 0 Å². The molecule has 6 nitrogen and oxygen atoms in total. The zero-order chi connectivity index (χ0) is 17.9. The minimum Gasteiger partial charge on any atom is -0.480 e. The predicted molar refractivity (Wildman–Crippen MR) is 104 cm³/mol. The van der Waals surface area contributed by atoms with Crippen molar-refractivity contribution in [1.82, 2.24) is 10.2 Å². The highest BCUT2D eigenvalue weighted by Gasteiger charge is 2.14. The van der Waals surface area contributed by atoms with Crippen LogP contribution < -0.4 is 9.46 Å². The molecule has 1 N–H and O–H groups in total. The number of rotatable bonds is 5. The van der Waals surface area contributed by atoms with Crippen molar-refractivity contribution in [1.29, 1.82) is 0 Å². The maximum atomic E-state index is 12.4. The van der Waals surface area contributed by atoms with Crippen LogP contribution in [0.4, 0.5) is 5.69 Å². The normalized spacial score (nSPS) is 11.1. The van der Waals surface area contributed by atoms with Gasteiger partial charge in [-0.25, -0.2) is 8.42 Å². The second kappa shape index (κ2) is 7.36. The highest BCUT2D eigenvalue weighted by Crippen LogP contribution is 2.22. The Bertz CT molecular complexity index is 958. The van der Waals surface area contributed by atoms with Gasteiger partial charge in [0, 0.05) is 20.9 Å². The average Bonchev–Trinajstić information content (AvgIpc) is 2.62. The van der Waals surface area contributed by atoms with Crippen LogP contribution in [0.3, 0.4) is 0 Å². The number of nitrogens with zero attached hydrogens (tertiary/aromatic N) is 2. The van der Waals surface area contributed by atoms with Crippen molar-refractivity contribution in [3.05, 3.63) is 64.2 Å². The number of nitrogens with one attached hydrogen (secondary N) is 1. The quantitative estimate of drug-likeness (QED) is 0.581. The summed E-state index contributed by atoms with van der Waals surface area (Å²) in [6, 6.07) is 17.1. The molecule has 0 radical (unpaired) electrons. The molecule has 0 amide bonds. The van der Waals surface area contributed by atoms with Crippen LogP contribution in [0.15, 0.2) is 65.6 Å². The van der Waals surface area contributed by atoms with Crippen molar-refractivity contribution in [3.63, 3.8) is 0 Å². The van der Waals surface area contributed by atoms with Gasteiger partial charge in [0.05, 0.1) is 17.7 Å². The number of sulfonamides is 1. The monoisotopic (exact) mass is 467 g/mol. The zero-order valence-corrected chi connectivity index (χ0v) is 16.2. The fourth-order valence-corrected chi connectivity index (χ4v) is 3.54. The Kier molecular flexibility index (Phi) is 5.19. The Morgan fingerprint density at radius 2 is 1.60 bits per heavy atom. The molecule has 0 aliphatic rings. The molecule has 0 aliphatic carbocycles. The summed E-state index contributed by atoms with van der Waals surface area (Å²) in [7, 11) is -2.09. The summed E-state index contributed by atoms with van der Waals surface area (Å²) in [5.41, 5.74) is 1.98. The summed E-state index contributed by atoms with van der Waals surface area (Å²) in [6.45, 7) is 0. The van der Waals surface area contributed by atoms with E-state index in [1.807, 2.05) is 0 Å². The number of ether oxygens (including phenoxy) is 1. The molecule has 2 aromatic carbocycles. The second-order valence-electron chi connectivity index (χ2n) is 5.10. The van der Waals surface area contributed by atoms with Gasteiger partial charge in [0.15, 0.2) is 0 Å². The molecule has 1 aromatic heterocycles. The summed E-state index contributed by atoms with van der Waals surface area (Å²) < 4.78 is 33.3. The number of hydrogen-bond acceptors (Lipinski definition) is 5. The highest BCUT2D eigenvalue weighted by molar-refractivity contribution is 14.1. The fourth-order valence-electron chi connectivity index (χ4n) is 2.12. The van der Waals surface area contributed by atoms with Gasteiger partial charge in [0.25, 0.3) is 10.0 Å². The zero-order valence-electron chi connectivity index (χ0n) is 13.2. The van der Waals surface area contributed by atoms with Gasteiger partial charge in [0.2, 0.25) is 5.88 Å². The summed E-state index contributed by atoms with van der Waals surface area (Å²) in [6.07, 6.45) is 0. The van der Waals surface area contributed by atoms with Crippen LogP contribution in [0.2, 0.25) is 0 Å². The number of halogens is 1. The summed E-state index contributed by atoms with van der Waals surface area (Å²) >= 11 is 2.13. The third kappa shape index (κ3) is 4.26. The van der Waals surface area contributed by atoms with Gasteiger partial charge >= 0.3 is 0 Å². The van der Waals surface area contributed by atoms with Crippen molar-refractivity contribution < 1.29 is 13.2 Å². The molecule has 0 aliphatic heterocycles. The average molecular weight is 467 g/mol. The SMILES string of the molecule is COc1ccc(-c2ccc(NS(=O)(=O)c3ccc(I)cc3)cc2)nn1. The summed E-state index contributed by atoms with van der Waals surface area (Å²) in [4.78, 5) is 0.220. The van der Waals surface area contributed by atoms with Crippen LogP contribution in [0.1, 0.15) is 0 Å². The van der Waals surface area contributed by atoms with Gasteiger partial charge < -0.3 is 4.74 Å². The molecule has 3 rings (SSSR count). The Morgan fingerprint density at radius 3 is 2.16 bits per heavy atom. The van der Waals surface area contributed by atoms with Gasteiger partial charge in [-0.2, -0.15) is 0 Å². The summed E-state index contributed by atoms with van der Waals surface area (Å²) in [5.74, 6) is 0.436. The molecule has 8 heteroatoms. The Hall–Kier alpha value is -2.20. The van der Waals surface area contributed by atoms with E-state index in [1.54, 1.807) is 60.7 Å². The van der Waals surface area contributed by atoms with Gasteiger partial charge in [-0.3, -0.25) is 4.72 Å². The number of anilines is 1. The summed E-state index contributed by atoms with van der Waals surface area (Å²) in [5, 5.41) is 7.98. The lowest BCUT2D eigenvalue weighted by molar-refractivity contribution is 0.392. The van der Waals surface area contributed by atoms with E-state index >= 15 is 0 Å². The van der Waals surface area contributed by atoms with Crippen molar-refractivity contribution in [3.8, 4) is 17.1 Å². The van der Waals surface area contributed by atoms with Crippen LogP contribution in [0, 0.1) is 3.57 Å². The van der Waals surface area contributed by atoms with E-state index in [0.717, 1.165) is 9.13 Å². The van der Waals surface area contributed by atoms with E-state index in [2.05, 4.69) is 37.5 Å². The van der Waals surface area contributed by atoms with E-state index in [4.69, 9.17) is 4.74 Å². The molecule has 1 heterocycles.